The second-order valence-corrected chi connectivity index (χ2v) is 3.89. The molecule has 17 heavy (non-hydrogen) atoms. The van der Waals surface area contributed by atoms with E-state index in [4.69, 9.17) is 5.73 Å². The van der Waals surface area contributed by atoms with Gasteiger partial charge in [-0.05, 0) is 6.92 Å². The predicted octanol–water partition coefficient (Wildman–Crippen LogP) is -3.28. The fourth-order valence-electron chi connectivity index (χ4n) is 1.59. The van der Waals surface area contributed by atoms with Gasteiger partial charge in [-0.2, -0.15) is 4.98 Å². The molecule has 2 heterocycles. The van der Waals surface area contributed by atoms with E-state index in [1.165, 1.54) is 6.92 Å². The van der Waals surface area contributed by atoms with E-state index in [-0.39, 0.29) is 23.3 Å². The topological polar surface area (TPSA) is 137 Å². The lowest BCUT2D eigenvalue weighted by atomic mass is 10.1. The molecule has 1 aliphatic heterocycles. The Hall–Kier alpha value is -1.80. The van der Waals surface area contributed by atoms with E-state index in [0.717, 1.165) is 0 Å². The third-order valence-corrected chi connectivity index (χ3v) is 2.51. The van der Waals surface area contributed by atoms with Crippen LogP contribution < -0.4 is 22.1 Å². The predicted molar refractivity (Wildman–Crippen MR) is 57.9 cm³/mol. The maximum Gasteiger partial charge on any atom is 0.280 e. The molecule has 0 aliphatic carbocycles. The van der Waals surface area contributed by atoms with Gasteiger partial charge in [0.1, 0.15) is 6.10 Å². The van der Waals surface area contributed by atoms with Crippen molar-refractivity contribution in [2.75, 3.05) is 12.3 Å². The van der Waals surface area contributed by atoms with Crippen LogP contribution in [0.2, 0.25) is 0 Å². The lowest BCUT2D eigenvalue weighted by molar-refractivity contribution is 0.0160. The summed E-state index contributed by atoms with van der Waals surface area (Å²) in [7, 11) is 0. The molecule has 0 saturated carbocycles. The molecule has 1 aromatic heterocycles. The summed E-state index contributed by atoms with van der Waals surface area (Å²) < 4.78 is 0. The smallest absolute Gasteiger partial charge is 0.280 e. The van der Waals surface area contributed by atoms with Crippen LogP contribution >= 0.6 is 0 Å². The standard InChI is InChI=1S/C9H13N5O3/c1-3(15)6(16)4-2-11-7-5(12-4)8(17)14-9(10)13-7/h3-4,6,15-16H,2H2,1H3,(H3,10,11,13,14,17)/t3-,4?,6-/m0/s1. The highest BCUT2D eigenvalue weighted by Gasteiger charge is 2.24. The van der Waals surface area contributed by atoms with Crippen LogP contribution in [0.5, 0.6) is 0 Å². The molecule has 0 radical (unpaired) electrons. The Bertz CT molecular complexity index is 594. The molecule has 3 atom stereocenters. The van der Waals surface area contributed by atoms with Crippen molar-refractivity contribution >= 4 is 5.95 Å². The van der Waals surface area contributed by atoms with Gasteiger partial charge in [0, 0.05) is 0 Å². The van der Waals surface area contributed by atoms with E-state index < -0.39 is 23.8 Å². The zero-order chi connectivity index (χ0) is 12.6. The second-order valence-electron chi connectivity index (χ2n) is 3.89. The Labute approximate surface area is 95.6 Å². The number of aromatic amines is 1. The van der Waals surface area contributed by atoms with Crippen LogP contribution in [0, 0.1) is 0 Å². The van der Waals surface area contributed by atoms with Crippen LogP contribution in [0.15, 0.2) is 14.8 Å². The molecule has 0 aromatic carbocycles. The first kappa shape index (κ1) is 11.7. The molecule has 0 saturated heterocycles. The molecular formula is C9H13N5O3. The normalized spacial score (nSPS) is 21.9. The number of aliphatic hydroxyl groups excluding tert-OH is 2. The Morgan fingerprint density at radius 1 is 1.53 bits per heavy atom. The van der Waals surface area contributed by atoms with Crippen molar-refractivity contribution in [3.05, 3.63) is 21.2 Å². The molecule has 1 unspecified atom stereocenters. The van der Waals surface area contributed by atoms with Gasteiger partial charge in [-0.1, -0.05) is 0 Å². The summed E-state index contributed by atoms with van der Waals surface area (Å²) in [5, 5.41) is 19.0. The third-order valence-electron chi connectivity index (χ3n) is 2.51. The molecule has 0 fully saturated rings. The summed E-state index contributed by atoms with van der Waals surface area (Å²) in [4.78, 5) is 25.7. The number of nitrogen functional groups attached to an aromatic ring is 1. The summed E-state index contributed by atoms with van der Waals surface area (Å²) in [5.74, 6) is -0.0257. The highest BCUT2D eigenvalue weighted by atomic mass is 16.3. The highest BCUT2D eigenvalue weighted by molar-refractivity contribution is 5.12. The minimum absolute atomic E-state index is 0.0257. The monoisotopic (exact) mass is 239 g/mol. The van der Waals surface area contributed by atoms with E-state index in [0.29, 0.717) is 0 Å². The van der Waals surface area contributed by atoms with Gasteiger partial charge in [-0.3, -0.25) is 19.8 Å². The number of hydrogen-bond acceptors (Lipinski definition) is 7. The minimum atomic E-state index is -1.07. The number of nitrogens with zero attached hydrogens (tertiary/aromatic N) is 3. The van der Waals surface area contributed by atoms with Crippen LogP contribution in [-0.2, 0) is 0 Å². The number of fused-ring (bicyclic) bond motifs is 1. The summed E-state index contributed by atoms with van der Waals surface area (Å²) >= 11 is 0. The molecule has 2 rings (SSSR count). The average Bonchev–Trinajstić information content (AvgIpc) is 2.27. The van der Waals surface area contributed by atoms with Gasteiger partial charge in [0.15, 0.2) is 10.8 Å². The van der Waals surface area contributed by atoms with Crippen molar-refractivity contribution in [1.29, 1.82) is 0 Å². The van der Waals surface area contributed by atoms with Gasteiger partial charge in [0.25, 0.3) is 5.56 Å². The number of hydrogen-bond donors (Lipinski definition) is 4. The minimum Gasteiger partial charge on any atom is -0.391 e. The molecular weight excluding hydrogens is 226 g/mol. The first-order valence-electron chi connectivity index (χ1n) is 5.13. The van der Waals surface area contributed by atoms with Crippen molar-refractivity contribution in [2.24, 2.45) is 9.98 Å². The molecule has 1 aromatic rings. The van der Waals surface area contributed by atoms with Crippen LogP contribution in [-0.4, -0.2) is 45.0 Å². The molecule has 8 heteroatoms. The van der Waals surface area contributed by atoms with Crippen molar-refractivity contribution in [1.82, 2.24) is 9.97 Å². The summed E-state index contributed by atoms with van der Waals surface area (Å²) in [5.41, 5.74) is 5.03. The van der Waals surface area contributed by atoms with Crippen LogP contribution in [0.4, 0.5) is 5.95 Å². The molecule has 0 spiro atoms. The molecule has 0 amide bonds. The van der Waals surface area contributed by atoms with Gasteiger partial charge in [0.05, 0.1) is 18.7 Å². The lowest BCUT2D eigenvalue weighted by Crippen LogP contribution is -2.50. The highest BCUT2D eigenvalue weighted by Crippen LogP contribution is 2.04. The number of nitrogens with two attached hydrogens (primary N) is 1. The van der Waals surface area contributed by atoms with Crippen molar-refractivity contribution in [3.8, 4) is 0 Å². The number of anilines is 1. The summed E-state index contributed by atoms with van der Waals surface area (Å²) in [6, 6.07) is -0.644. The molecule has 92 valence electrons. The SMILES string of the molecule is C[C@H](O)[C@H](O)C1CN=c2nc(N)[nH]c(=O)c2=N1. The van der Waals surface area contributed by atoms with Gasteiger partial charge in [0.2, 0.25) is 5.95 Å². The van der Waals surface area contributed by atoms with Crippen LogP contribution in [0.25, 0.3) is 0 Å². The Morgan fingerprint density at radius 3 is 2.88 bits per heavy atom. The average molecular weight is 239 g/mol. The van der Waals surface area contributed by atoms with E-state index >= 15 is 0 Å². The lowest BCUT2D eigenvalue weighted by Gasteiger charge is -2.21. The van der Waals surface area contributed by atoms with Crippen LogP contribution in [0.3, 0.4) is 0 Å². The maximum absolute atomic E-state index is 11.5. The van der Waals surface area contributed by atoms with Crippen molar-refractivity contribution < 1.29 is 10.2 Å². The van der Waals surface area contributed by atoms with Crippen LogP contribution in [0.1, 0.15) is 6.92 Å². The van der Waals surface area contributed by atoms with Gasteiger partial charge >= 0.3 is 0 Å². The summed E-state index contributed by atoms with van der Waals surface area (Å²) in [6.07, 6.45) is -2.01. The number of rotatable bonds is 2. The quantitative estimate of drug-likeness (QED) is 0.429. The molecule has 1 aliphatic rings. The fraction of sp³-hybridized carbons (Fsp3) is 0.556. The zero-order valence-corrected chi connectivity index (χ0v) is 9.16. The summed E-state index contributed by atoms with van der Waals surface area (Å²) in [6.45, 7) is 1.61. The molecule has 0 bridgehead atoms. The van der Waals surface area contributed by atoms with E-state index in [2.05, 4.69) is 20.0 Å². The molecule has 5 N–H and O–H groups in total. The third kappa shape index (κ3) is 2.17. The van der Waals surface area contributed by atoms with Gasteiger partial charge in [-0.15, -0.1) is 0 Å². The number of aliphatic hydroxyl groups is 2. The van der Waals surface area contributed by atoms with Crippen molar-refractivity contribution in [2.45, 2.75) is 25.2 Å². The number of nitrogens with one attached hydrogen (secondary N) is 1. The zero-order valence-electron chi connectivity index (χ0n) is 9.16. The van der Waals surface area contributed by atoms with Gasteiger partial charge in [-0.25, -0.2) is 0 Å². The Balaban J connectivity index is 2.51. The maximum atomic E-state index is 11.5. The molecule has 8 nitrogen and oxygen atoms in total. The Kier molecular flexibility index (Phi) is 2.90. The second kappa shape index (κ2) is 4.22. The number of aromatic nitrogens is 2. The van der Waals surface area contributed by atoms with Gasteiger partial charge < -0.3 is 15.9 Å². The first-order valence-corrected chi connectivity index (χ1v) is 5.13. The number of H-pyrrole nitrogens is 1. The first-order chi connectivity index (χ1) is 7.99. The van der Waals surface area contributed by atoms with Crippen molar-refractivity contribution in [3.63, 3.8) is 0 Å². The largest absolute Gasteiger partial charge is 0.391 e. The van der Waals surface area contributed by atoms with E-state index in [9.17, 15) is 15.0 Å². The van der Waals surface area contributed by atoms with E-state index in [1.807, 2.05) is 0 Å². The fourth-order valence-corrected chi connectivity index (χ4v) is 1.59. The Morgan fingerprint density at radius 2 is 2.24 bits per heavy atom. The van der Waals surface area contributed by atoms with E-state index in [1.54, 1.807) is 0 Å².